The Bertz CT molecular complexity index is 1370. The summed E-state index contributed by atoms with van der Waals surface area (Å²) in [5.74, 6) is 0.0376. The van der Waals surface area contributed by atoms with Gasteiger partial charge in [0, 0.05) is 11.5 Å². The van der Waals surface area contributed by atoms with E-state index in [2.05, 4.69) is 4.99 Å². The van der Waals surface area contributed by atoms with E-state index in [1.54, 1.807) is 35.2 Å². The number of amides is 1. The molecule has 3 aromatic rings. The minimum atomic E-state index is -0.542. The number of nitro groups is 1. The van der Waals surface area contributed by atoms with Gasteiger partial charge in [0.15, 0.2) is 5.17 Å². The summed E-state index contributed by atoms with van der Waals surface area (Å²) >= 11 is 1.29. The van der Waals surface area contributed by atoms with Gasteiger partial charge in [-0.05, 0) is 29.8 Å². The van der Waals surface area contributed by atoms with Gasteiger partial charge in [-0.1, -0.05) is 54.2 Å². The third-order valence-corrected chi connectivity index (χ3v) is 5.79. The van der Waals surface area contributed by atoms with Crippen LogP contribution in [-0.4, -0.2) is 26.7 Å². The Morgan fingerprint density at radius 1 is 1.06 bits per heavy atom. The van der Waals surface area contributed by atoms with E-state index in [4.69, 9.17) is 9.83 Å². The molecule has 0 fully saturated rings. The molecule has 1 amide bonds. The van der Waals surface area contributed by atoms with E-state index < -0.39 is 10.8 Å². The number of rotatable bonds is 4. The maximum absolute atomic E-state index is 12.6. The van der Waals surface area contributed by atoms with Crippen molar-refractivity contribution in [2.45, 2.75) is 0 Å². The van der Waals surface area contributed by atoms with Crippen LogP contribution in [0.5, 0.6) is 0 Å². The van der Waals surface area contributed by atoms with Crippen molar-refractivity contribution in [2.75, 3.05) is 0 Å². The van der Waals surface area contributed by atoms with Crippen molar-refractivity contribution in [3.05, 3.63) is 99.1 Å². The lowest BCUT2D eigenvalue weighted by Gasteiger charge is -2.26. The summed E-state index contributed by atoms with van der Waals surface area (Å²) in [6.45, 7) is 0. The SMILES string of the molecule is N=C1/C(=C/c2ccc(-c3ccccc3[N+](=O)[O-])o2)C(=O)N=C2SC=C(c3ccccc3)N12. The number of nitrogens with zero attached hydrogens (tertiary/aromatic N) is 3. The minimum absolute atomic E-state index is 0.0104. The van der Waals surface area contributed by atoms with E-state index in [9.17, 15) is 14.9 Å². The van der Waals surface area contributed by atoms with E-state index in [1.165, 1.54) is 23.9 Å². The number of carbonyl (C=O) groups excluding carboxylic acids is 1. The number of fused-ring (bicyclic) bond motifs is 1. The molecule has 0 bridgehead atoms. The van der Waals surface area contributed by atoms with Crippen molar-refractivity contribution >= 4 is 46.1 Å². The number of nitrogens with one attached hydrogen (secondary N) is 1. The van der Waals surface area contributed by atoms with Gasteiger partial charge in [0.1, 0.15) is 17.4 Å². The number of hydrogen-bond acceptors (Lipinski definition) is 6. The summed E-state index contributed by atoms with van der Waals surface area (Å²) in [5.41, 5.74) is 1.99. The number of furan rings is 1. The summed E-state index contributed by atoms with van der Waals surface area (Å²) in [6, 6.07) is 19.0. The fourth-order valence-electron chi connectivity index (χ4n) is 3.47. The van der Waals surface area contributed by atoms with Gasteiger partial charge in [-0.15, -0.1) is 0 Å². The molecule has 32 heavy (non-hydrogen) atoms. The molecule has 2 aliphatic rings. The highest BCUT2D eigenvalue weighted by atomic mass is 32.2. The molecule has 0 radical (unpaired) electrons. The zero-order valence-electron chi connectivity index (χ0n) is 16.4. The summed E-state index contributed by atoms with van der Waals surface area (Å²) < 4.78 is 5.77. The number of hydrogen-bond donors (Lipinski definition) is 1. The molecule has 1 aromatic heterocycles. The fourth-order valence-corrected chi connectivity index (χ4v) is 4.36. The third kappa shape index (κ3) is 3.34. The lowest BCUT2D eigenvalue weighted by atomic mass is 10.1. The average Bonchev–Trinajstić information content (AvgIpc) is 3.44. The molecule has 9 heteroatoms. The number of carbonyl (C=O) groups is 1. The molecule has 2 aliphatic heterocycles. The van der Waals surface area contributed by atoms with E-state index in [1.807, 2.05) is 35.7 Å². The predicted octanol–water partition coefficient (Wildman–Crippen LogP) is 5.16. The summed E-state index contributed by atoms with van der Waals surface area (Å²) in [6.07, 6.45) is 1.44. The maximum atomic E-state index is 12.6. The first-order chi connectivity index (χ1) is 15.5. The molecular weight excluding hydrogens is 428 g/mol. The second kappa shape index (κ2) is 7.78. The van der Waals surface area contributed by atoms with Crippen LogP contribution < -0.4 is 0 Å². The first-order valence-electron chi connectivity index (χ1n) is 9.52. The lowest BCUT2D eigenvalue weighted by molar-refractivity contribution is -0.384. The van der Waals surface area contributed by atoms with Crippen molar-refractivity contribution < 1.29 is 14.1 Å². The highest BCUT2D eigenvalue weighted by Gasteiger charge is 2.36. The Balaban J connectivity index is 1.50. The number of thioether (sulfide) groups is 1. The number of nitro benzene ring substituents is 1. The molecule has 0 unspecified atom stereocenters. The predicted molar refractivity (Wildman–Crippen MR) is 123 cm³/mol. The molecule has 0 atom stereocenters. The molecule has 3 heterocycles. The normalized spacial score (nSPS) is 16.8. The van der Waals surface area contributed by atoms with Crippen molar-refractivity contribution in [3.8, 4) is 11.3 Å². The molecule has 0 aliphatic carbocycles. The van der Waals surface area contributed by atoms with E-state index in [0.29, 0.717) is 22.3 Å². The van der Waals surface area contributed by atoms with Crippen LogP contribution in [0.4, 0.5) is 5.69 Å². The van der Waals surface area contributed by atoms with Gasteiger partial charge in [-0.3, -0.25) is 25.2 Å². The second-order valence-corrected chi connectivity index (χ2v) is 7.74. The largest absolute Gasteiger partial charge is 0.456 e. The molecular formula is C23H14N4O4S. The molecule has 156 valence electrons. The van der Waals surface area contributed by atoms with Crippen LogP contribution in [0.25, 0.3) is 23.1 Å². The van der Waals surface area contributed by atoms with Gasteiger partial charge in [0.25, 0.3) is 11.6 Å². The van der Waals surface area contributed by atoms with Crippen LogP contribution in [0.2, 0.25) is 0 Å². The van der Waals surface area contributed by atoms with Crippen LogP contribution in [0, 0.1) is 15.5 Å². The number of benzene rings is 2. The summed E-state index contributed by atoms with van der Waals surface area (Å²) in [4.78, 5) is 29.2. The van der Waals surface area contributed by atoms with Crippen LogP contribution in [0.1, 0.15) is 11.3 Å². The monoisotopic (exact) mass is 442 g/mol. The van der Waals surface area contributed by atoms with Crippen molar-refractivity contribution in [2.24, 2.45) is 4.99 Å². The van der Waals surface area contributed by atoms with Gasteiger partial charge in [0.05, 0.1) is 21.8 Å². The minimum Gasteiger partial charge on any atom is -0.456 e. The van der Waals surface area contributed by atoms with Crippen LogP contribution in [0.15, 0.2) is 87.1 Å². The van der Waals surface area contributed by atoms with Gasteiger partial charge in [0.2, 0.25) is 0 Å². The molecule has 8 nitrogen and oxygen atoms in total. The van der Waals surface area contributed by atoms with Crippen LogP contribution >= 0.6 is 11.8 Å². The molecule has 0 spiro atoms. The first-order valence-corrected chi connectivity index (χ1v) is 10.4. The van der Waals surface area contributed by atoms with Crippen molar-refractivity contribution in [3.63, 3.8) is 0 Å². The fraction of sp³-hybridized carbons (Fsp3) is 0. The summed E-state index contributed by atoms with van der Waals surface area (Å²) in [7, 11) is 0. The smallest absolute Gasteiger partial charge is 0.283 e. The quantitative estimate of drug-likeness (QED) is 0.339. The number of aliphatic imine (C=N–C) groups is 1. The van der Waals surface area contributed by atoms with Crippen LogP contribution in [-0.2, 0) is 4.79 Å². The van der Waals surface area contributed by atoms with E-state index in [-0.39, 0.29) is 17.1 Å². The second-order valence-electron chi connectivity index (χ2n) is 6.90. The molecule has 1 N–H and O–H groups in total. The maximum Gasteiger partial charge on any atom is 0.283 e. The summed E-state index contributed by atoms with van der Waals surface area (Å²) in [5, 5.41) is 22.3. The highest BCUT2D eigenvalue weighted by Crippen LogP contribution is 2.38. The Labute approximate surface area is 186 Å². The Hall–Kier alpha value is -4.24. The zero-order valence-corrected chi connectivity index (χ0v) is 17.2. The van der Waals surface area contributed by atoms with Crippen LogP contribution in [0.3, 0.4) is 0 Å². The zero-order chi connectivity index (χ0) is 22.2. The lowest BCUT2D eigenvalue weighted by Crippen LogP contribution is -2.37. The Morgan fingerprint density at radius 2 is 1.81 bits per heavy atom. The third-order valence-electron chi connectivity index (χ3n) is 4.96. The van der Waals surface area contributed by atoms with Crippen molar-refractivity contribution in [1.29, 1.82) is 5.41 Å². The van der Waals surface area contributed by atoms with E-state index >= 15 is 0 Å². The molecule has 0 saturated carbocycles. The van der Waals surface area contributed by atoms with Crippen molar-refractivity contribution in [1.82, 2.24) is 4.90 Å². The van der Waals surface area contributed by atoms with Gasteiger partial charge < -0.3 is 4.42 Å². The molecule has 2 aromatic carbocycles. The topological polar surface area (TPSA) is 113 Å². The standard InChI is InChI=1S/C23H14N4O4S/c24-21-17(12-15-10-11-20(31-15)16-8-4-5-9-18(16)27(29)30)22(28)25-23-26(21)19(13-32-23)14-6-2-1-3-7-14/h1-13,24H/b17-12-,24-21?. The number of amidine groups is 2. The average molecular weight is 442 g/mol. The Kier molecular flexibility index (Phi) is 4.79. The van der Waals surface area contributed by atoms with Gasteiger partial charge in [-0.25, -0.2) is 0 Å². The van der Waals surface area contributed by atoms with Gasteiger partial charge >= 0.3 is 0 Å². The number of para-hydroxylation sites is 1. The molecule has 5 rings (SSSR count). The van der Waals surface area contributed by atoms with Gasteiger partial charge in [-0.2, -0.15) is 4.99 Å². The molecule has 0 saturated heterocycles. The highest BCUT2D eigenvalue weighted by molar-refractivity contribution is 8.17. The van der Waals surface area contributed by atoms with E-state index in [0.717, 1.165) is 11.3 Å². The Morgan fingerprint density at radius 3 is 2.59 bits per heavy atom. The first kappa shape index (κ1) is 19.7.